The monoisotopic (exact) mass is 347 g/mol. The van der Waals surface area contributed by atoms with Crippen LogP contribution in [0, 0.1) is 0 Å². The lowest BCUT2D eigenvalue weighted by atomic mass is 10.1. The van der Waals surface area contributed by atoms with Crippen molar-refractivity contribution < 1.29 is 9.53 Å². The molecule has 0 aliphatic carbocycles. The summed E-state index contributed by atoms with van der Waals surface area (Å²) in [6, 6.07) is 8.27. The van der Waals surface area contributed by atoms with E-state index >= 15 is 0 Å². The Balaban J connectivity index is 1.66. The molecule has 126 valence electrons. The maximum Gasteiger partial charge on any atom is 0.257 e. The van der Waals surface area contributed by atoms with E-state index in [4.69, 9.17) is 16.3 Å². The van der Waals surface area contributed by atoms with E-state index in [9.17, 15) is 9.59 Å². The van der Waals surface area contributed by atoms with Gasteiger partial charge in [0.05, 0.1) is 18.8 Å². The number of aromatic nitrogens is 1. The van der Waals surface area contributed by atoms with Crippen molar-refractivity contribution in [1.29, 1.82) is 0 Å². The molecule has 0 spiro atoms. The first-order valence-electron chi connectivity index (χ1n) is 7.70. The number of pyridine rings is 1. The summed E-state index contributed by atoms with van der Waals surface area (Å²) >= 11 is 6.34. The molecule has 0 bridgehead atoms. The van der Waals surface area contributed by atoms with E-state index in [2.05, 4.69) is 15.2 Å². The summed E-state index contributed by atoms with van der Waals surface area (Å²) in [6.07, 6.45) is 1.38. The number of aromatic amines is 1. The highest BCUT2D eigenvalue weighted by atomic mass is 35.5. The normalized spacial score (nSPS) is 15.2. The molecule has 1 saturated heterocycles. The number of benzene rings is 1. The molecule has 0 radical (unpaired) electrons. The minimum Gasteiger partial charge on any atom is -0.379 e. The van der Waals surface area contributed by atoms with Gasteiger partial charge in [-0.25, -0.2) is 0 Å². The fraction of sp³-hybridized carbons (Fsp3) is 0.294. The van der Waals surface area contributed by atoms with Crippen LogP contribution >= 0.6 is 11.6 Å². The molecule has 0 unspecified atom stereocenters. The second kappa shape index (κ2) is 7.61. The van der Waals surface area contributed by atoms with Crippen molar-refractivity contribution in [2.45, 2.75) is 6.54 Å². The number of hydrogen-bond acceptors (Lipinski definition) is 4. The third-order valence-corrected chi connectivity index (χ3v) is 4.21. The average molecular weight is 348 g/mol. The summed E-state index contributed by atoms with van der Waals surface area (Å²) < 4.78 is 5.34. The van der Waals surface area contributed by atoms with Crippen LogP contribution in [0.1, 0.15) is 15.9 Å². The number of anilines is 1. The molecule has 7 heteroatoms. The second-order valence-electron chi connectivity index (χ2n) is 5.59. The Bertz CT molecular complexity index is 764. The highest BCUT2D eigenvalue weighted by Crippen LogP contribution is 2.23. The molecular weight excluding hydrogens is 330 g/mol. The van der Waals surface area contributed by atoms with Crippen molar-refractivity contribution in [3.05, 3.63) is 63.0 Å². The number of halogens is 1. The summed E-state index contributed by atoms with van der Waals surface area (Å²) in [6.45, 7) is 4.02. The van der Waals surface area contributed by atoms with Crippen molar-refractivity contribution in [1.82, 2.24) is 9.88 Å². The molecule has 1 aromatic heterocycles. The quantitative estimate of drug-likeness (QED) is 0.888. The van der Waals surface area contributed by atoms with E-state index in [1.165, 1.54) is 18.3 Å². The topological polar surface area (TPSA) is 74.4 Å². The molecule has 3 rings (SSSR count). The van der Waals surface area contributed by atoms with Gasteiger partial charge in [-0.1, -0.05) is 17.7 Å². The van der Waals surface area contributed by atoms with Crippen LogP contribution in [0.4, 0.5) is 5.69 Å². The van der Waals surface area contributed by atoms with Gasteiger partial charge < -0.3 is 15.0 Å². The van der Waals surface area contributed by atoms with Crippen LogP contribution in [-0.4, -0.2) is 42.1 Å². The summed E-state index contributed by atoms with van der Waals surface area (Å²) in [4.78, 5) is 27.9. The average Bonchev–Trinajstić information content (AvgIpc) is 2.59. The third kappa shape index (κ3) is 4.23. The fourth-order valence-corrected chi connectivity index (χ4v) is 2.75. The minimum atomic E-state index is -0.303. The lowest BCUT2D eigenvalue weighted by Gasteiger charge is -2.27. The maximum absolute atomic E-state index is 12.1. The van der Waals surface area contributed by atoms with Gasteiger partial charge in [0.25, 0.3) is 5.91 Å². The molecule has 1 amide bonds. The van der Waals surface area contributed by atoms with Gasteiger partial charge in [-0.15, -0.1) is 0 Å². The van der Waals surface area contributed by atoms with Crippen molar-refractivity contribution in [2.75, 3.05) is 31.6 Å². The molecule has 2 heterocycles. The molecule has 2 aromatic rings. The molecule has 1 aliphatic heterocycles. The Morgan fingerprint density at radius 1 is 1.25 bits per heavy atom. The zero-order chi connectivity index (χ0) is 16.9. The summed E-state index contributed by atoms with van der Waals surface area (Å²) in [5.74, 6) is -0.303. The van der Waals surface area contributed by atoms with Crippen LogP contribution in [-0.2, 0) is 11.3 Å². The molecule has 2 N–H and O–H groups in total. The minimum absolute atomic E-state index is 0.248. The van der Waals surface area contributed by atoms with E-state index < -0.39 is 0 Å². The number of ether oxygens (including phenoxy) is 1. The Morgan fingerprint density at radius 3 is 2.71 bits per heavy atom. The van der Waals surface area contributed by atoms with E-state index in [0.717, 1.165) is 38.4 Å². The van der Waals surface area contributed by atoms with Crippen molar-refractivity contribution >= 4 is 23.2 Å². The zero-order valence-corrected chi connectivity index (χ0v) is 13.8. The summed E-state index contributed by atoms with van der Waals surface area (Å²) in [5.41, 5.74) is 1.76. The van der Waals surface area contributed by atoms with Gasteiger partial charge in [0.1, 0.15) is 0 Å². The standard InChI is InChI=1S/C17H18ClN3O3/c18-15-9-14(20-17(23)12-2-4-16(22)19-10-12)3-1-13(15)11-21-5-7-24-8-6-21/h1-4,9-10H,5-8,11H2,(H,19,22)(H,20,23). The molecule has 24 heavy (non-hydrogen) atoms. The second-order valence-corrected chi connectivity index (χ2v) is 6.00. The lowest BCUT2D eigenvalue weighted by molar-refractivity contribution is 0.0342. The van der Waals surface area contributed by atoms with Crippen molar-refractivity contribution in [2.24, 2.45) is 0 Å². The van der Waals surface area contributed by atoms with E-state index in [1.807, 2.05) is 12.1 Å². The molecule has 1 aliphatic rings. The van der Waals surface area contributed by atoms with Crippen LogP contribution in [0.3, 0.4) is 0 Å². The van der Waals surface area contributed by atoms with E-state index in [-0.39, 0.29) is 11.5 Å². The van der Waals surface area contributed by atoms with Gasteiger partial charge in [0.2, 0.25) is 5.56 Å². The van der Waals surface area contributed by atoms with Gasteiger partial charge in [-0.05, 0) is 23.8 Å². The Kier molecular flexibility index (Phi) is 5.30. The third-order valence-electron chi connectivity index (χ3n) is 3.85. The molecule has 6 nitrogen and oxygen atoms in total. The zero-order valence-electron chi connectivity index (χ0n) is 13.0. The van der Waals surface area contributed by atoms with Crippen LogP contribution in [0.25, 0.3) is 0 Å². The summed E-state index contributed by atoms with van der Waals surface area (Å²) in [5, 5.41) is 3.38. The number of carbonyl (C=O) groups is 1. The first kappa shape index (κ1) is 16.7. The maximum atomic E-state index is 12.1. The SMILES string of the molecule is O=C(Nc1ccc(CN2CCOCC2)c(Cl)c1)c1ccc(=O)[nH]c1. The van der Waals surface area contributed by atoms with Crippen LogP contribution < -0.4 is 10.9 Å². The predicted molar refractivity (Wildman–Crippen MR) is 92.6 cm³/mol. The largest absolute Gasteiger partial charge is 0.379 e. The highest BCUT2D eigenvalue weighted by molar-refractivity contribution is 6.31. The number of morpholine rings is 1. The van der Waals surface area contributed by atoms with Gasteiger partial charge in [0.15, 0.2) is 0 Å². The number of H-pyrrole nitrogens is 1. The van der Waals surface area contributed by atoms with Crippen molar-refractivity contribution in [3.8, 4) is 0 Å². The van der Waals surface area contributed by atoms with Crippen molar-refractivity contribution in [3.63, 3.8) is 0 Å². The van der Waals surface area contributed by atoms with Gasteiger partial charge in [-0.2, -0.15) is 0 Å². The van der Waals surface area contributed by atoms with E-state index in [1.54, 1.807) is 6.07 Å². The lowest BCUT2D eigenvalue weighted by Crippen LogP contribution is -2.35. The molecule has 1 aromatic carbocycles. The Labute approximate surface area is 144 Å². The number of carbonyl (C=O) groups excluding carboxylic acids is 1. The highest BCUT2D eigenvalue weighted by Gasteiger charge is 2.13. The number of nitrogens with zero attached hydrogens (tertiary/aromatic N) is 1. The number of nitrogens with one attached hydrogen (secondary N) is 2. The molecule has 1 fully saturated rings. The first-order chi connectivity index (χ1) is 11.6. The van der Waals surface area contributed by atoms with Gasteiger partial charge in [-0.3, -0.25) is 14.5 Å². The van der Waals surface area contributed by atoms with Crippen LogP contribution in [0.2, 0.25) is 5.02 Å². The van der Waals surface area contributed by atoms with Crippen LogP contribution in [0.5, 0.6) is 0 Å². The van der Waals surface area contributed by atoms with Gasteiger partial charge >= 0.3 is 0 Å². The number of hydrogen-bond donors (Lipinski definition) is 2. The molecular formula is C17H18ClN3O3. The van der Waals surface area contributed by atoms with E-state index in [0.29, 0.717) is 16.3 Å². The molecule has 0 saturated carbocycles. The smallest absolute Gasteiger partial charge is 0.257 e. The first-order valence-corrected chi connectivity index (χ1v) is 8.08. The van der Waals surface area contributed by atoms with Crippen LogP contribution in [0.15, 0.2) is 41.3 Å². The Hall–Kier alpha value is -2.15. The van der Waals surface area contributed by atoms with Gasteiger partial charge in [0, 0.05) is 42.6 Å². The fourth-order valence-electron chi connectivity index (χ4n) is 2.51. The molecule has 0 atom stereocenters. The predicted octanol–water partition coefficient (Wildman–Crippen LogP) is 2.11. The number of rotatable bonds is 4. The summed E-state index contributed by atoms with van der Waals surface area (Å²) in [7, 11) is 0. The number of amides is 1. The Morgan fingerprint density at radius 2 is 2.04 bits per heavy atom.